The highest BCUT2D eigenvalue weighted by molar-refractivity contribution is 6.38. The van der Waals surface area contributed by atoms with Crippen LogP contribution in [0, 0.1) is 0 Å². The fourth-order valence-corrected chi connectivity index (χ4v) is 2.70. The first-order chi connectivity index (χ1) is 10.1. The third-order valence-electron chi connectivity index (χ3n) is 3.00. The Bertz CT molecular complexity index is 773. The van der Waals surface area contributed by atoms with E-state index < -0.39 is 0 Å². The maximum absolute atomic E-state index is 6.28. The summed E-state index contributed by atoms with van der Waals surface area (Å²) >= 11 is 18.4. The molecular weight excluding hydrogens is 331 g/mol. The van der Waals surface area contributed by atoms with Crippen LogP contribution in [-0.2, 0) is 7.05 Å². The van der Waals surface area contributed by atoms with Crippen LogP contribution in [0.2, 0.25) is 15.3 Å². The van der Waals surface area contributed by atoms with E-state index in [1.807, 2.05) is 12.1 Å². The first-order valence-corrected chi connectivity index (χ1v) is 7.17. The van der Waals surface area contributed by atoms with Crippen molar-refractivity contribution < 1.29 is 0 Å². The molecule has 0 amide bonds. The molecule has 0 saturated heterocycles. The molecule has 0 radical (unpaired) electrons. The predicted molar refractivity (Wildman–Crippen MR) is 84.7 cm³/mol. The van der Waals surface area contributed by atoms with E-state index in [0.717, 1.165) is 11.3 Å². The summed E-state index contributed by atoms with van der Waals surface area (Å²) in [4.78, 5) is 8.62. The van der Waals surface area contributed by atoms with Crippen molar-refractivity contribution in [1.29, 1.82) is 0 Å². The van der Waals surface area contributed by atoms with Gasteiger partial charge in [0.15, 0.2) is 5.82 Å². The minimum absolute atomic E-state index is 0.286. The molecule has 0 aliphatic heterocycles. The largest absolute Gasteiger partial charge is 0.265 e. The maximum Gasteiger partial charge on any atom is 0.180 e. The molecule has 4 nitrogen and oxygen atoms in total. The first-order valence-electron chi connectivity index (χ1n) is 6.03. The number of hydrogen-bond donors (Lipinski definition) is 0. The van der Waals surface area contributed by atoms with E-state index in [1.165, 1.54) is 0 Å². The number of aryl methyl sites for hydroxylation is 1. The van der Waals surface area contributed by atoms with Crippen molar-refractivity contribution in [1.82, 2.24) is 19.7 Å². The molecule has 21 heavy (non-hydrogen) atoms. The Morgan fingerprint density at radius 1 is 0.905 bits per heavy atom. The summed E-state index contributed by atoms with van der Waals surface area (Å²) in [5, 5.41) is 5.29. The van der Waals surface area contributed by atoms with Gasteiger partial charge in [0.25, 0.3) is 0 Å². The molecule has 2 aromatic heterocycles. The average molecular weight is 340 g/mol. The normalized spacial score (nSPS) is 10.9. The Balaban J connectivity index is 2.13. The summed E-state index contributed by atoms with van der Waals surface area (Å²) in [5.41, 5.74) is 2.13. The Hall–Kier alpha value is -1.62. The van der Waals surface area contributed by atoms with E-state index in [4.69, 9.17) is 34.8 Å². The lowest BCUT2D eigenvalue weighted by Crippen LogP contribution is -1.99. The van der Waals surface area contributed by atoms with Crippen LogP contribution in [0.4, 0.5) is 0 Å². The lowest BCUT2D eigenvalue weighted by molar-refractivity contribution is 0.770. The van der Waals surface area contributed by atoms with E-state index >= 15 is 0 Å². The molecule has 7 heteroatoms. The summed E-state index contributed by atoms with van der Waals surface area (Å²) in [7, 11) is 1.80. The molecule has 1 aromatic carbocycles. The van der Waals surface area contributed by atoms with E-state index in [1.54, 1.807) is 36.1 Å². The van der Waals surface area contributed by atoms with Gasteiger partial charge >= 0.3 is 0 Å². The second-order valence-electron chi connectivity index (χ2n) is 4.35. The van der Waals surface area contributed by atoms with E-state index in [2.05, 4.69) is 15.1 Å². The Morgan fingerprint density at radius 2 is 1.52 bits per heavy atom. The van der Waals surface area contributed by atoms with Gasteiger partial charge < -0.3 is 0 Å². The highest BCUT2D eigenvalue weighted by Gasteiger charge is 2.16. The number of nitrogens with zero attached hydrogens (tertiary/aromatic N) is 4. The standard InChI is InChI=1S/C14H9Cl3N4/c1-21-10(6-7-18-21)14-19-12(16)11(13(17)20-14)8-2-4-9(15)5-3-8/h2-7H,1H3. The number of benzene rings is 1. The smallest absolute Gasteiger partial charge is 0.180 e. The van der Waals surface area contributed by atoms with Crippen molar-refractivity contribution in [3.63, 3.8) is 0 Å². The van der Waals surface area contributed by atoms with Crippen molar-refractivity contribution in [2.24, 2.45) is 7.05 Å². The van der Waals surface area contributed by atoms with Crippen molar-refractivity contribution in [3.8, 4) is 22.6 Å². The zero-order valence-corrected chi connectivity index (χ0v) is 13.2. The van der Waals surface area contributed by atoms with Gasteiger partial charge in [0.2, 0.25) is 0 Å². The van der Waals surface area contributed by atoms with Crippen LogP contribution in [0.5, 0.6) is 0 Å². The third-order valence-corrected chi connectivity index (χ3v) is 3.80. The minimum Gasteiger partial charge on any atom is -0.265 e. The van der Waals surface area contributed by atoms with Crippen LogP contribution >= 0.6 is 34.8 Å². The van der Waals surface area contributed by atoms with Gasteiger partial charge in [-0.2, -0.15) is 5.10 Å². The second kappa shape index (κ2) is 5.64. The van der Waals surface area contributed by atoms with E-state index in [9.17, 15) is 0 Å². The second-order valence-corrected chi connectivity index (χ2v) is 5.50. The van der Waals surface area contributed by atoms with Crippen LogP contribution in [0.3, 0.4) is 0 Å². The van der Waals surface area contributed by atoms with Crippen molar-refractivity contribution in [2.75, 3.05) is 0 Å². The quantitative estimate of drug-likeness (QED) is 0.645. The van der Waals surface area contributed by atoms with E-state index in [0.29, 0.717) is 16.4 Å². The Labute approximate surface area is 136 Å². The van der Waals surface area contributed by atoms with Gasteiger partial charge in [0.05, 0.1) is 5.56 Å². The van der Waals surface area contributed by atoms with Crippen LogP contribution in [-0.4, -0.2) is 19.7 Å². The zero-order chi connectivity index (χ0) is 15.0. The Morgan fingerprint density at radius 3 is 2.05 bits per heavy atom. The zero-order valence-electron chi connectivity index (χ0n) is 10.9. The highest BCUT2D eigenvalue weighted by atomic mass is 35.5. The number of halogens is 3. The van der Waals surface area contributed by atoms with Crippen LogP contribution in [0.1, 0.15) is 0 Å². The average Bonchev–Trinajstić information content (AvgIpc) is 2.86. The molecule has 3 aromatic rings. The van der Waals surface area contributed by atoms with Gasteiger partial charge in [-0.3, -0.25) is 4.68 Å². The molecule has 0 bridgehead atoms. The fourth-order valence-electron chi connectivity index (χ4n) is 1.97. The maximum atomic E-state index is 6.28. The summed E-state index contributed by atoms with van der Waals surface area (Å²) in [5.74, 6) is 0.433. The van der Waals surface area contributed by atoms with Gasteiger partial charge in [-0.1, -0.05) is 46.9 Å². The molecule has 0 unspecified atom stereocenters. The molecule has 0 atom stereocenters. The molecule has 3 rings (SSSR count). The molecule has 0 N–H and O–H groups in total. The summed E-state index contributed by atoms with van der Waals surface area (Å²) in [6.07, 6.45) is 1.66. The predicted octanol–water partition coefficient (Wildman–Crippen LogP) is 4.50. The SMILES string of the molecule is Cn1nccc1-c1nc(Cl)c(-c2ccc(Cl)cc2)c(Cl)n1. The lowest BCUT2D eigenvalue weighted by Gasteiger charge is -2.09. The third kappa shape index (κ3) is 2.75. The molecule has 0 spiro atoms. The number of rotatable bonds is 2. The summed E-state index contributed by atoms with van der Waals surface area (Å²) < 4.78 is 1.66. The van der Waals surface area contributed by atoms with Crippen molar-refractivity contribution >= 4 is 34.8 Å². The van der Waals surface area contributed by atoms with Gasteiger partial charge in [-0.05, 0) is 23.8 Å². The van der Waals surface area contributed by atoms with Crippen LogP contribution < -0.4 is 0 Å². The molecule has 0 aliphatic carbocycles. The van der Waals surface area contributed by atoms with Crippen LogP contribution in [0.15, 0.2) is 36.5 Å². The number of hydrogen-bond acceptors (Lipinski definition) is 3. The Kier molecular flexibility index (Phi) is 3.85. The highest BCUT2D eigenvalue weighted by Crippen LogP contribution is 2.34. The molecule has 0 fully saturated rings. The van der Waals surface area contributed by atoms with Gasteiger partial charge in [-0.15, -0.1) is 0 Å². The van der Waals surface area contributed by atoms with Crippen molar-refractivity contribution in [2.45, 2.75) is 0 Å². The van der Waals surface area contributed by atoms with Gasteiger partial charge in [0.1, 0.15) is 16.0 Å². The molecule has 0 saturated carbocycles. The fraction of sp³-hybridized carbons (Fsp3) is 0.0714. The topological polar surface area (TPSA) is 43.6 Å². The molecule has 2 heterocycles. The first kappa shape index (κ1) is 14.3. The van der Waals surface area contributed by atoms with Gasteiger partial charge in [0, 0.05) is 18.3 Å². The van der Waals surface area contributed by atoms with Crippen LogP contribution in [0.25, 0.3) is 22.6 Å². The molecule has 106 valence electrons. The minimum atomic E-state index is 0.286. The lowest BCUT2D eigenvalue weighted by atomic mass is 10.1. The summed E-state index contributed by atoms with van der Waals surface area (Å²) in [6, 6.07) is 8.96. The molecule has 0 aliphatic rings. The van der Waals surface area contributed by atoms with E-state index in [-0.39, 0.29) is 10.3 Å². The summed E-state index contributed by atoms with van der Waals surface area (Å²) in [6.45, 7) is 0. The molecular formula is C14H9Cl3N4. The van der Waals surface area contributed by atoms with Crippen molar-refractivity contribution in [3.05, 3.63) is 51.9 Å². The van der Waals surface area contributed by atoms with Gasteiger partial charge in [-0.25, -0.2) is 9.97 Å². The monoisotopic (exact) mass is 338 g/mol. The number of aromatic nitrogens is 4.